The van der Waals surface area contributed by atoms with Crippen LogP contribution in [0.1, 0.15) is 31.4 Å². The largest absolute Gasteiger partial charge is 0.492 e. The summed E-state index contributed by atoms with van der Waals surface area (Å²) < 4.78 is 5.57. The van der Waals surface area contributed by atoms with Crippen molar-refractivity contribution in [1.29, 1.82) is 0 Å². The van der Waals surface area contributed by atoms with Gasteiger partial charge in [-0.2, -0.15) is 0 Å². The molecule has 1 unspecified atom stereocenters. The van der Waals surface area contributed by atoms with E-state index in [1.165, 1.54) is 0 Å². The number of carbonyl (C=O) groups excluding carboxylic acids is 1. The van der Waals surface area contributed by atoms with Crippen LogP contribution < -0.4 is 10.1 Å². The fourth-order valence-corrected chi connectivity index (χ4v) is 2.98. The molecule has 1 saturated heterocycles. The van der Waals surface area contributed by atoms with E-state index in [2.05, 4.69) is 10.3 Å². The number of hydrogen-bond acceptors (Lipinski definition) is 3. The predicted octanol–water partition coefficient (Wildman–Crippen LogP) is 3.85. The van der Waals surface area contributed by atoms with Crippen LogP contribution in [0, 0.1) is 0 Å². The summed E-state index contributed by atoms with van der Waals surface area (Å²) in [7, 11) is 0. The average Bonchev–Trinajstić information content (AvgIpc) is 3.07. The van der Waals surface area contributed by atoms with Crippen molar-refractivity contribution in [2.24, 2.45) is 0 Å². The summed E-state index contributed by atoms with van der Waals surface area (Å²) >= 11 is 0. The zero-order valence-electron chi connectivity index (χ0n) is 13.2. The van der Waals surface area contributed by atoms with Gasteiger partial charge in [-0.3, -0.25) is 4.98 Å². The SMILES string of the molecule is CCOc1ccccc1NC(=O)N1CCCC1c1ccncc1. The molecule has 1 aliphatic rings. The van der Waals surface area contributed by atoms with Gasteiger partial charge in [-0.15, -0.1) is 0 Å². The highest BCUT2D eigenvalue weighted by Crippen LogP contribution is 2.33. The first-order chi connectivity index (χ1) is 11.3. The Bertz CT molecular complexity index is 660. The van der Waals surface area contributed by atoms with E-state index in [-0.39, 0.29) is 12.1 Å². The Hall–Kier alpha value is -2.56. The number of amides is 2. The van der Waals surface area contributed by atoms with Crippen LogP contribution in [-0.2, 0) is 0 Å². The summed E-state index contributed by atoms with van der Waals surface area (Å²) in [6.45, 7) is 3.25. The molecule has 1 aromatic carbocycles. The molecule has 120 valence electrons. The first-order valence-electron chi connectivity index (χ1n) is 7.99. The molecule has 1 aromatic heterocycles. The van der Waals surface area contributed by atoms with Crippen molar-refractivity contribution in [3.05, 3.63) is 54.4 Å². The van der Waals surface area contributed by atoms with Crippen LogP contribution in [0.25, 0.3) is 0 Å². The number of anilines is 1. The highest BCUT2D eigenvalue weighted by atomic mass is 16.5. The third-order valence-electron chi connectivity index (χ3n) is 4.03. The number of benzene rings is 1. The molecule has 1 atom stereocenters. The maximum atomic E-state index is 12.7. The van der Waals surface area contributed by atoms with E-state index in [1.807, 2.05) is 48.2 Å². The minimum atomic E-state index is -0.0866. The molecule has 23 heavy (non-hydrogen) atoms. The summed E-state index contributed by atoms with van der Waals surface area (Å²) in [5.41, 5.74) is 1.84. The van der Waals surface area contributed by atoms with Gasteiger partial charge in [0.05, 0.1) is 18.3 Å². The molecule has 0 aliphatic carbocycles. The topological polar surface area (TPSA) is 54.5 Å². The second-order valence-electron chi connectivity index (χ2n) is 5.49. The molecule has 0 radical (unpaired) electrons. The molecule has 2 aromatic rings. The number of hydrogen-bond donors (Lipinski definition) is 1. The lowest BCUT2D eigenvalue weighted by atomic mass is 10.1. The van der Waals surface area contributed by atoms with Gasteiger partial charge in [0.2, 0.25) is 0 Å². The van der Waals surface area contributed by atoms with Gasteiger partial charge in [-0.05, 0) is 49.6 Å². The Kier molecular flexibility index (Phi) is 4.76. The number of nitrogens with zero attached hydrogens (tertiary/aromatic N) is 2. The van der Waals surface area contributed by atoms with Gasteiger partial charge in [-0.1, -0.05) is 12.1 Å². The molecule has 1 N–H and O–H groups in total. The van der Waals surface area contributed by atoms with Crippen LogP contribution in [0.4, 0.5) is 10.5 Å². The van der Waals surface area contributed by atoms with E-state index in [4.69, 9.17) is 4.74 Å². The van der Waals surface area contributed by atoms with Crippen molar-refractivity contribution in [1.82, 2.24) is 9.88 Å². The molecule has 1 fully saturated rings. The van der Waals surface area contributed by atoms with Gasteiger partial charge in [0.25, 0.3) is 0 Å². The summed E-state index contributed by atoms with van der Waals surface area (Å²) in [5, 5.41) is 2.98. The van der Waals surface area contributed by atoms with E-state index < -0.39 is 0 Å². The fourth-order valence-electron chi connectivity index (χ4n) is 2.98. The molecular formula is C18H21N3O2. The van der Waals surface area contributed by atoms with Crippen LogP contribution in [0.15, 0.2) is 48.8 Å². The minimum absolute atomic E-state index is 0.0866. The van der Waals surface area contributed by atoms with E-state index >= 15 is 0 Å². The Labute approximate surface area is 136 Å². The molecule has 2 amide bonds. The summed E-state index contributed by atoms with van der Waals surface area (Å²) in [4.78, 5) is 18.6. The highest BCUT2D eigenvalue weighted by Gasteiger charge is 2.30. The van der Waals surface area contributed by atoms with Gasteiger partial charge in [0.1, 0.15) is 5.75 Å². The third kappa shape index (κ3) is 3.44. The lowest BCUT2D eigenvalue weighted by Gasteiger charge is -2.25. The van der Waals surface area contributed by atoms with Gasteiger partial charge in [0, 0.05) is 18.9 Å². The standard InChI is InChI=1S/C18H21N3O2/c1-2-23-17-8-4-3-6-15(17)20-18(22)21-13-5-7-16(21)14-9-11-19-12-10-14/h3-4,6,8-12,16H,2,5,7,13H2,1H3,(H,20,22). The van der Waals surface area contributed by atoms with Gasteiger partial charge < -0.3 is 15.0 Å². The number of carbonyl (C=O) groups is 1. The van der Waals surface area contributed by atoms with Crippen molar-refractivity contribution < 1.29 is 9.53 Å². The average molecular weight is 311 g/mol. The zero-order valence-corrected chi connectivity index (χ0v) is 13.2. The predicted molar refractivity (Wildman–Crippen MR) is 89.5 cm³/mol. The Morgan fingerprint density at radius 2 is 2.09 bits per heavy atom. The van der Waals surface area contributed by atoms with E-state index in [1.54, 1.807) is 12.4 Å². The van der Waals surface area contributed by atoms with Crippen molar-refractivity contribution >= 4 is 11.7 Å². The van der Waals surface area contributed by atoms with E-state index in [0.717, 1.165) is 24.9 Å². The molecule has 0 saturated carbocycles. The van der Waals surface area contributed by atoms with Crippen molar-refractivity contribution in [3.63, 3.8) is 0 Å². The van der Waals surface area contributed by atoms with Gasteiger partial charge in [-0.25, -0.2) is 4.79 Å². The van der Waals surface area contributed by atoms with Crippen molar-refractivity contribution in [2.45, 2.75) is 25.8 Å². The molecule has 0 spiro atoms. The Morgan fingerprint density at radius 1 is 1.30 bits per heavy atom. The first kappa shape index (κ1) is 15.3. The van der Waals surface area contributed by atoms with Gasteiger partial charge in [0.15, 0.2) is 0 Å². The van der Waals surface area contributed by atoms with Crippen LogP contribution in [0.3, 0.4) is 0 Å². The zero-order chi connectivity index (χ0) is 16.1. The van der Waals surface area contributed by atoms with Crippen molar-refractivity contribution in [3.8, 4) is 5.75 Å². The number of ether oxygens (including phenoxy) is 1. The smallest absolute Gasteiger partial charge is 0.322 e. The number of para-hydroxylation sites is 2. The molecule has 5 heteroatoms. The number of likely N-dealkylation sites (tertiary alicyclic amines) is 1. The number of pyridine rings is 1. The maximum absolute atomic E-state index is 12.7. The van der Waals surface area contributed by atoms with E-state index in [9.17, 15) is 4.79 Å². The molecule has 1 aliphatic heterocycles. The summed E-state index contributed by atoms with van der Waals surface area (Å²) in [6.07, 6.45) is 5.53. The fraction of sp³-hybridized carbons (Fsp3) is 0.333. The van der Waals surface area contributed by atoms with Crippen LogP contribution in [0.5, 0.6) is 5.75 Å². The summed E-state index contributed by atoms with van der Waals surface area (Å²) in [5.74, 6) is 0.697. The minimum Gasteiger partial charge on any atom is -0.492 e. The Balaban J connectivity index is 1.75. The van der Waals surface area contributed by atoms with E-state index in [0.29, 0.717) is 18.0 Å². The second-order valence-corrected chi connectivity index (χ2v) is 5.49. The third-order valence-corrected chi connectivity index (χ3v) is 4.03. The van der Waals surface area contributed by atoms with Crippen LogP contribution >= 0.6 is 0 Å². The lowest BCUT2D eigenvalue weighted by molar-refractivity contribution is 0.207. The number of aromatic nitrogens is 1. The van der Waals surface area contributed by atoms with Crippen molar-refractivity contribution in [2.75, 3.05) is 18.5 Å². The number of nitrogens with one attached hydrogen (secondary N) is 1. The molecule has 3 rings (SSSR count). The van der Waals surface area contributed by atoms with Gasteiger partial charge >= 0.3 is 6.03 Å². The lowest BCUT2D eigenvalue weighted by Crippen LogP contribution is -2.34. The molecule has 5 nitrogen and oxygen atoms in total. The quantitative estimate of drug-likeness (QED) is 0.933. The second kappa shape index (κ2) is 7.13. The summed E-state index contributed by atoms with van der Waals surface area (Å²) in [6, 6.07) is 11.5. The molecule has 2 heterocycles. The maximum Gasteiger partial charge on any atom is 0.322 e. The normalized spacial score (nSPS) is 17.1. The molecular weight excluding hydrogens is 290 g/mol. The van der Waals surface area contributed by atoms with Crippen LogP contribution in [0.2, 0.25) is 0 Å². The highest BCUT2D eigenvalue weighted by molar-refractivity contribution is 5.91. The number of rotatable bonds is 4. The Morgan fingerprint density at radius 3 is 2.87 bits per heavy atom. The molecule has 0 bridgehead atoms. The monoisotopic (exact) mass is 311 g/mol. The van der Waals surface area contributed by atoms with Crippen LogP contribution in [-0.4, -0.2) is 29.1 Å². The first-order valence-corrected chi connectivity index (χ1v) is 7.99. The number of urea groups is 1.